The largest absolute Gasteiger partial charge is 0.469 e. The second kappa shape index (κ2) is 9.65. The standard InChI is InChI=1S/C31H32FN5O3S/c1-18-21-8-13-41-26(21)7-12-36(18)29(38)25-15-27(31(2)9-10-31)37-28(33-25)16-24(34-37)22-5-4-20(14-23(22)32)35-11-6-19(17-35)30(39)40-3/h4-5,8,13-16,18-19H,6-7,9-12,17H2,1-3H3/t18-,19+/m1/s1. The van der Waals surface area contributed by atoms with Crippen LogP contribution in [0.25, 0.3) is 16.9 Å². The maximum absolute atomic E-state index is 15.5. The molecule has 1 aliphatic carbocycles. The zero-order valence-electron chi connectivity index (χ0n) is 23.4. The van der Waals surface area contributed by atoms with Crippen molar-refractivity contribution in [3.63, 3.8) is 0 Å². The van der Waals surface area contributed by atoms with E-state index in [1.54, 1.807) is 28.0 Å². The summed E-state index contributed by atoms with van der Waals surface area (Å²) in [7, 11) is 1.39. The normalized spacial score (nSPS) is 21.3. The van der Waals surface area contributed by atoms with Gasteiger partial charge in [0.25, 0.3) is 5.91 Å². The van der Waals surface area contributed by atoms with Gasteiger partial charge in [-0.15, -0.1) is 11.3 Å². The van der Waals surface area contributed by atoms with E-state index in [4.69, 9.17) is 14.8 Å². The van der Waals surface area contributed by atoms with Crippen LogP contribution in [-0.4, -0.2) is 58.1 Å². The van der Waals surface area contributed by atoms with Gasteiger partial charge in [0.1, 0.15) is 11.5 Å². The molecule has 4 aromatic rings. The van der Waals surface area contributed by atoms with Crippen molar-refractivity contribution in [1.29, 1.82) is 0 Å². The second-order valence-corrected chi connectivity index (χ2v) is 12.7. The van der Waals surface area contributed by atoms with Gasteiger partial charge < -0.3 is 14.5 Å². The fraction of sp³-hybridized carbons (Fsp3) is 0.419. The molecular weight excluding hydrogens is 541 g/mol. The van der Waals surface area contributed by atoms with Crippen molar-refractivity contribution in [2.75, 3.05) is 31.6 Å². The number of hydrogen-bond donors (Lipinski definition) is 0. The number of thiophene rings is 1. The molecule has 2 atom stereocenters. The highest BCUT2D eigenvalue weighted by Gasteiger charge is 2.43. The molecule has 0 unspecified atom stereocenters. The molecule has 1 saturated carbocycles. The molecule has 7 rings (SSSR count). The van der Waals surface area contributed by atoms with E-state index in [0.717, 1.165) is 30.6 Å². The minimum absolute atomic E-state index is 0.0120. The lowest BCUT2D eigenvalue weighted by atomic mass is 10.00. The number of benzene rings is 1. The molecule has 212 valence electrons. The third-order valence-electron chi connectivity index (χ3n) is 9.12. The maximum Gasteiger partial charge on any atom is 0.310 e. The van der Waals surface area contributed by atoms with Crippen LogP contribution in [0.1, 0.15) is 65.8 Å². The monoisotopic (exact) mass is 573 g/mol. The number of carbonyl (C=O) groups is 2. The lowest BCUT2D eigenvalue weighted by Gasteiger charge is -2.33. The van der Waals surface area contributed by atoms with Crippen LogP contribution in [0.5, 0.6) is 0 Å². The Morgan fingerprint density at radius 2 is 1.98 bits per heavy atom. The van der Waals surface area contributed by atoms with Crippen molar-refractivity contribution in [2.24, 2.45) is 5.92 Å². The van der Waals surface area contributed by atoms with E-state index < -0.39 is 5.82 Å². The van der Waals surface area contributed by atoms with Gasteiger partial charge in [-0.2, -0.15) is 5.10 Å². The third-order valence-corrected chi connectivity index (χ3v) is 10.1. The first-order valence-electron chi connectivity index (χ1n) is 14.2. The highest BCUT2D eigenvalue weighted by molar-refractivity contribution is 7.10. The Labute approximate surface area is 241 Å². The number of hydrogen-bond acceptors (Lipinski definition) is 7. The number of aromatic nitrogens is 3. The Morgan fingerprint density at radius 1 is 1.15 bits per heavy atom. The van der Waals surface area contributed by atoms with Gasteiger partial charge in [0, 0.05) is 47.2 Å². The van der Waals surface area contributed by atoms with Crippen LogP contribution in [0.3, 0.4) is 0 Å². The van der Waals surface area contributed by atoms with Crippen LogP contribution in [0.4, 0.5) is 10.1 Å². The Kier molecular flexibility index (Phi) is 6.15. The van der Waals surface area contributed by atoms with Gasteiger partial charge in [0.15, 0.2) is 5.65 Å². The lowest BCUT2D eigenvalue weighted by Crippen LogP contribution is -2.38. The minimum atomic E-state index is -0.392. The predicted octanol–water partition coefficient (Wildman–Crippen LogP) is 5.41. The number of amides is 1. The molecule has 1 amide bonds. The van der Waals surface area contributed by atoms with E-state index in [9.17, 15) is 9.59 Å². The summed E-state index contributed by atoms with van der Waals surface area (Å²) in [5.74, 6) is -0.912. The van der Waals surface area contributed by atoms with E-state index in [1.165, 1.54) is 23.6 Å². The Bertz CT molecular complexity index is 1690. The fourth-order valence-electron chi connectivity index (χ4n) is 6.29. The molecule has 2 fully saturated rings. The zero-order chi connectivity index (χ0) is 28.5. The number of nitrogens with zero attached hydrogens (tertiary/aromatic N) is 5. The Morgan fingerprint density at radius 3 is 2.73 bits per heavy atom. The van der Waals surface area contributed by atoms with E-state index >= 15 is 4.39 Å². The van der Waals surface area contributed by atoms with E-state index in [-0.39, 0.29) is 29.3 Å². The predicted molar refractivity (Wildman–Crippen MR) is 155 cm³/mol. The highest BCUT2D eigenvalue weighted by atomic mass is 32.1. The molecule has 5 heterocycles. The van der Waals surface area contributed by atoms with E-state index in [2.05, 4.69) is 25.3 Å². The molecule has 41 heavy (non-hydrogen) atoms. The number of ether oxygens (including phenoxy) is 1. The van der Waals surface area contributed by atoms with Crippen molar-refractivity contribution in [3.8, 4) is 11.3 Å². The van der Waals surface area contributed by atoms with Gasteiger partial charge in [0.2, 0.25) is 0 Å². The van der Waals surface area contributed by atoms with Crippen molar-refractivity contribution in [3.05, 3.63) is 69.4 Å². The van der Waals surface area contributed by atoms with Crippen LogP contribution >= 0.6 is 11.3 Å². The fourth-order valence-corrected chi connectivity index (χ4v) is 7.25. The van der Waals surface area contributed by atoms with Gasteiger partial charge in [0.05, 0.1) is 30.5 Å². The number of anilines is 1. The van der Waals surface area contributed by atoms with Gasteiger partial charge in [-0.1, -0.05) is 6.92 Å². The molecule has 0 bridgehead atoms. The molecule has 0 spiro atoms. The smallest absolute Gasteiger partial charge is 0.310 e. The SMILES string of the molecule is COC(=O)[C@H]1CCN(c2ccc(-c3cc4nc(C(=O)N5CCc6sccc6[C@H]5C)cc(C5(C)CC5)n4n3)c(F)c2)C1. The lowest BCUT2D eigenvalue weighted by molar-refractivity contribution is -0.144. The highest BCUT2D eigenvalue weighted by Crippen LogP contribution is 2.48. The third kappa shape index (κ3) is 4.39. The van der Waals surface area contributed by atoms with Gasteiger partial charge in [-0.3, -0.25) is 9.59 Å². The summed E-state index contributed by atoms with van der Waals surface area (Å²) >= 11 is 1.75. The quantitative estimate of drug-likeness (QED) is 0.297. The molecule has 3 aromatic heterocycles. The van der Waals surface area contributed by atoms with Crippen molar-refractivity contribution < 1.29 is 18.7 Å². The zero-order valence-corrected chi connectivity index (χ0v) is 24.2. The van der Waals surface area contributed by atoms with Gasteiger partial charge >= 0.3 is 5.97 Å². The maximum atomic E-state index is 15.5. The second-order valence-electron chi connectivity index (χ2n) is 11.7. The summed E-state index contributed by atoms with van der Waals surface area (Å²) < 4.78 is 22.2. The first-order valence-corrected chi connectivity index (χ1v) is 15.0. The van der Waals surface area contributed by atoms with Gasteiger partial charge in [-0.05, 0) is 73.9 Å². The minimum Gasteiger partial charge on any atom is -0.469 e. The summed E-state index contributed by atoms with van der Waals surface area (Å²) in [6.45, 7) is 6.08. The number of fused-ring (bicyclic) bond motifs is 2. The topological polar surface area (TPSA) is 80.0 Å². The molecule has 0 N–H and O–H groups in total. The van der Waals surface area contributed by atoms with Crippen LogP contribution < -0.4 is 4.90 Å². The molecule has 3 aliphatic rings. The van der Waals surface area contributed by atoms with Gasteiger partial charge in [-0.25, -0.2) is 13.9 Å². The first-order chi connectivity index (χ1) is 19.8. The number of methoxy groups -OCH3 is 1. The Hall–Kier alpha value is -3.79. The summed E-state index contributed by atoms with van der Waals surface area (Å²) in [5.41, 5.74) is 4.56. The molecule has 10 heteroatoms. The van der Waals surface area contributed by atoms with Crippen molar-refractivity contribution in [1.82, 2.24) is 19.5 Å². The average Bonchev–Trinajstić information content (AvgIpc) is 3.40. The molecule has 2 aliphatic heterocycles. The van der Waals surface area contributed by atoms with Crippen LogP contribution in [0, 0.1) is 11.7 Å². The first kappa shape index (κ1) is 26.1. The number of rotatable bonds is 5. The molecular formula is C31H32FN5O3S. The van der Waals surface area contributed by atoms with Crippen LogP contribution in [0.15, 0.2) is 41.8 Å². The number of carbonyl (C=O) groups excluding carboxylic acids is 2. The summed E-state index contributed by atoms with van der Waals surface area (Å²) in [5, 5.41) is 6.88. The van der Waals surface area contributed by atoms with Crippen LogP contribution in [-0.2, 0) is 21.4 Å². The average molecular weight is 574 g/mol. The Balaban J connectivity index is 1.22. The molecule has 0 radical (unpaired) electrons. The summed E-state index contributed by atoms with van der Waals surface area (Å²) in [4.78, 5) is 35.8. The van der Waals surface area contributed by atoms with Crippen molar-refractivity contribution in [2.45, 2.75) is 51.0 Å². The van der Waals surface area contributed by atoms with E-state index in [1.807, 2.05) is 21.9 Å². The summed E-state index contributed by atoms with van der Waals surface area (Å²) in [6.07, 6.45) is 3.53. The number of halogens is 1. The number of esters is 1. The molecule has 1 aromatic carbocycles. The van der Waals surface area contributed by atoms with Crippen LogP contribution in [0.2, 0.25) is 0 Å². The summed E-state index contributed by atoms with van der Waals surface area (Å²) in [6, 6.07) is 10.9. The van der Waals surface area contributed by atoms with Crippen molar-refractivity contribution >= 4 is 34.5 Å². The molecule has 1 saturated heterocycles. The van der Waals surface area contributed by atoms with E-state index in [0.29, 0.717) is 48.7 Å². The molecule has 8 nitrogen and oxygen atoms in total.